The molecule has 3 aliphatic rings. The van der Waals surface area contributed by atoms with Crippen molar-refractivity contribution < 1.29 is 29.0 Å². The Balaban J connectivity index is 1.34. The Labute approximate surface area is 219 Å². The van der Waals surface area contributed by atoms with Crippen molar-refractivity contribution >= 4 is 57.5 Å². The molecule has 0 aliphatic carbocycles. The number of thiazole rings is 1. The van der Waals surface area contributed by atoms with Crippen molar-refractivity contribution in [1.82, 2.24) is 19.9 Å². The molecule has 0 spiro atoms. The van der Waals surface area contributed by atoms with Crippen LogP contribution in [0.3, 0.4) is 0 Å². The number of carboxylic acid groups (broad SMARTS) is 1. The number of nitrogens with zero attached hydrogens (tertiary/aromatic N) is 5. The van der Waals surface area contributed by atoms with Gasteiger partial charge in [-0.2, -0.15) is 0 Å². The highest BCUT2D eigenvalue weighted by Gasteiger charge is 2.53. The lowest BCUT2D eigenvalue weighted by molar-refractivity contribution is -0.768. The molecule has 194 valence electrons. The number of carboxylic acids is 1. The maximum absolute atomic E-state index is 13.1. The molecule has 1 fully saturated rings. The molecule has 3 aliphatic heterocycles. The number of aromatic nitrogens is 3. The molecular weight excluding hydrogens is 520 g/mol. The van der Waals surface area contributed by atoms with Gasteiger partial charge in [-0.15, -0.1) is 32.5 Å². The number of oxime groups is 1. The summed E-state index contributed by atoms with van der Waals surface area (Å²) in [4.78, 5) is 48.6. The second kappa shape index (κ2) is 10.3. The topological polar surface area (TPSA) is 171 Å². The predicted octanol–water partition coefficient (Wildman–Crippen LogP) is -1.36. The average Bonchev–Trinajstić information content (AvgIpc) is 3.50. The molecule has 2 aromatic rings. The Morgan fingerprint density at radius 2 is 2.32 bits per heavy atom. The van der Waals surface area contributed by atoms with Gasteiger partial charge >= 0.3 is 0 Å². The number of hydrogen-bond donors (Lipinski definition) is 3. The second-order valence-electron chi connectivity index (χ2n) is 8.40. The van der Waals surface area contributed by atoms with E-state index in [1.807, 2.05) is 21.6 Å². The molecule has 0 unspecified atom stereocenters. The normalized spacial score (nSPS) is 20.9. The van der Waals surface area contributed by atoms with Crippen molar-refractivity contribution in [2.24, 2.45) is 5.16 Å². The van der Waals surface area contributed by atoms with Gasteiger partial charge in [0.15, 0.2) is 29.4 Å². The molecule has 1 saturated heterocycles. The van der Waals surface area contributed by atoms with Crippen molar-refractivity contribution in [2.75, 3.05) is 30.0 Å². The van der Waals surface area contributed by atoms with Gasteiger partial charge in [-0.25, -0.2) is 4.98 Å². The third-order valence-electron chi connectivity index (χ3n) is 6.05. The Kier molecular flexibility index (Phi) is 6.88. The minimum Gasteiger partial charge on any atom is -0.543 e. The Bertz CT molecular complexity index is 1330. The maximum atomic E-state index is 13.1. The predicted molar refractivity (Wildman–Crippen MR) is 134 cm³/mol. The van der Waals surface area contributed by atoms with Crippen LogP contribution in [0.4, 0.5) is 10.9 Å². The van der Waals surface area contributed by atoms with E-state index in [1.54, 1.807) is 5.38 Å². The van der Waals surface area contributed by atoms with E-state index in [-0.39, 0.29) is 28.8 Å². The molecule has 15 heteroatoms. The van der Waals surface area contributed by atoms with Crippen LogP contribution in [0.1, 0.15) is 12.1 Å². The van der Waals surface area contributed by atoms with Gasteiger partial charge in [-0.1, -0.05) is 17.8 Å². The Morgan fingerprint density at radius 1 is 1.49 bits per heavy atom. The van der Waals surface area contributed by atoms with E-state index in [1.165, 1.54) is 22.7 Å². The van der Waals surface area contributed by atoms with Crippen molar-refractivity contribution in [3.8, 4) is 0 Å². The number of rotatable bonds is 9. The summed E-state index contributed by atoms with van der Waals surface area (Å²) in [6.45, 7) is 5.58. The van der Waals surface area contributed by atoms with Crippen LogP contribution < -0.4 is 26.2 Å². The van der Waals surface area contributed by atoms with E-state index >= 15 is 0 Å². The average molecular weight is 545 g/mol. The fourth-order valence-electron chi connectivity index (χ4n) is 4.40. The van der Waals surface area contributed by atoms with Crippen LogP contribution in [0.15, 0.2) is 46.7 Å². The number of β-lactam (4-membered cyclic amide) rings is 1. The van der Waals surface area contributed by atoms with Crippen molar-refractivity contribution in [2.45, 2.75) is 30.9 Å². The van der Waals surface area contributed by atoms with Crippen molar-refractivity contribution in [3.05, 3.63) is 47.3 Å². The third kappa shape index (κ3) is 4.67. The number of carbonyl (C=O) groups excluding carboxylic acids is 3. The van der Waals surface area contributed by atoms with Gasteiger partial charge in [-0.3, -0.25) is 14.5 Å². The lowest BCUT2D eigenvalue weighted by Crippen LogP contribution is -2.71. The molecule has 0 saturated carbocycles. The van der Waals surface area contributed by atoms with Gasteiger partial charge in [0.25, 0.3) is 11.8 Å². The van der Waals surface area contributed by atoms with Crippen LogP contribution in [0.2, 0.25) is 0 Å². The number of thioether (sulfide) groups is 1. The minimum atomic E-state index is -1.43. The van der Waals surface area contributed by atoms with E-state index in [2.05, 4.69) is 27.4 Å². The van der Waals surface area contributed by atoms with Crippen molar-refractivity contribution in [1.29, 1.82) is 0 Å². The van der Waals surface area contributed by atoms with Crippen molar-refractivity contribution in [3.63, 3.8) is 0 Å². The standard InChI is InChI=1S/C22H24N8O5S2/c1-2-8-35-27-15(13-11-37-22(23)25-13)18(31)26-16-19(32)30-17(21(33)34)12(10-36-20(16)30)9-28-7-4-14-24-5-3-6-29(14)28/h2,4,7,11,16,20H,1,3,5-6,8-10H2,(H4,23,25,26,31,33,34)/t16-,20-/m1/s1. The zero-order valence-electron chi connectivity index (χ0n) is 19.6. The summed E-state index contributed by atoms with van der Waals surface area (Å²) in [7, 11) is 0. The number of carbonyl (C=O) groups is 3. The number of nitrogen functional groups attached to an aromatic ring is 1. The number of amides is 2. The lowest BCUT2D eigenvalue weighted by Gasteiger charge is -2.50. The van der Waals surface area contributed by atoms with Crippen LogP contribution in [-0.4, -0.2) is 68.4 Å². The summed E-state index contributed by atoms with van der Waals surface area (Å²) < 4.78 is 3.97. The summed E-state index contributed by atoms with van der Waals surface area (Å²) in [5.41, 5.74) is 6.15. The zero-order chi connectivity index (χ0) is 26.1. The molecule has 0 bridgehead atoms. The molecular formula is C22H24N8O5S2. The van der Waals surface area contributed by atoms with E-state index in [0.717, 1.165) is 36.7 Å². The smallest absolute Gasteiger partial charge is 0.276 e. The molecule has 0 aromatic carbocycles. The molecule has 37 heavy (non-hydrogen) atoms. The molecule has 2 aromatic heterocycles. The minimum absolute atomic E-state index is 0.0620. The molecule has 2 atom stereocenters. The summed E-state index contributed by atoms with van der Waals surface area (Å²) in [5.74, 6) is -1.35. The van der Waals surface area contributed by atoms with Crippen LogP contribution in [-0.2, 0) is 32.3 Å². The molecule has 5 heterocycles. The first-order valence-electron chi connectivity index (χ1n) is 11.4. The number of anilines is 2. The zero-order valence-corrected chi connectivity index (χ0v) is 21.2. The lowest BCUT2D eigenvalue weighted by atomic mass is 10.0. The van der Waals surface area contributed by atoms with Gasteiger partial charge in [0.2, 0.25) is 0 Å². The number of fused-ring (bicyclic) bond motifs is 2. The monoisotopic (exact) mass is 544 g/mol. The highest BCUT2D eigenvalue weighted by molar-refractivity contribution is 8.00. The van der Waals surface area contributed by atoms with E-state index in [0.29, 0.717) is 17.9 Å². The van der Waals surface area contributed by atoms with E-state index in [9.17, 15) is 19.5 Å². The summed E-state index contributed by atoms with van der Waals surface area (Å²) in [5, 5.41) is 23.1. The first-order valence-corrected chi connectivity index (χ1v) is 13.4. The summed E-state index contributed by atoms with van der Waals surface area (Å²) in [6.07, 6.45) is 4.30. The fourth-order valence-corrected chi connectivity index (χ4v) is 6.28. The van der Waals surface area contributed by atoms with Gasteiger partial charge in [0, 0.05) is 23.3 Å². The van der Waals surface area contributed by atoms with E-state index in [4.69, 9.17) is 10.6 Å². The van der Waals surface area contributed by atoms with Gasteiger partial charge in [-0.05, 0) is 6.42 Å². The number of aliphatic carboxylic acids is 1. The Morgan fingerprint density at radius 3 is 3.05 bits per heavy atom. The van der Waals surface area contributed by atoms with Crippen LogP contribution in [0.25, 0.3) is 0 Å². The largest absolute Gasteiger partial charge is 0.543 e. The maximum Gasteiger partial charge on any atom is 0.276 e. The highest BCUT2D eigenvalue weighted by Crippen LogP contribution is 2.40. The molecule has 0 radical (unpaired) electrons. The summed E-state index contributed by atoms with van der Waals surface area (Å²) >= 11 is 2.50. The molecule has 13 nitrogen and oxygen atoms in total. The van der Waals surface area contributed by atoms with Gasteiger partial charge in [0.1, 0.15) is 23.7 Å². The first kappa shape index (κ1) is 24.8. The first-order chi connectivity index (χ1) is 17.9. The molecule has 5 rings (SSSR count). The third-order valence-corrected chi connectivity index (χ3v) is 8.07. The molecule has 4 N–H and O–H groups in total. The Hall–Kier alpha value is -3.85. The van der Waals surface area contributed by atoms with Gasteiger partial charge < -0.3 is 31.1 Å². The van der Waals surface area contributed by atoms with E-state index < -0.39 is 29.2 Å². The second-order valence-corrected chi connectivity index (χ2v) is 10.4. The summed E-state index contributed by atoms with van der Waals surface area (Å²) in [6, 6.07) is 0.984. The number of hydrogen-bond acceptors (Lipinski definition) is 11. The van der Waals surface area contributed by atoms with Crippen LogP contribution >= 0.6 is 23.1 Å². The highest BCUT2D eigenvalue weighted by atomic mass is 32.2. The number of nitrogens with two attached hydrogens (primary N) is 1. The SMILES string of the molecule is C=CCON=C(C(=O)N[C@@H]1C(=O)N2C(C(=O)[O-])=C(C[n+]3ccc4n3CCCN4)CS[C@H]12)c1csc(N)n1. The van der Waals surface area contributed by atoms with Gasteiger partial charge in [0.05, 0.1) is 24.3 Å². The van der Waals surface area contributed by atoms with Crippen LogP contribution in [0, 0.1) is 0 Å². The fraction of sp³-hybridized carbons (Fsp3) is 0.364. The van der Waals surface area contributed by atoms with Crippen LogP contribution in [0.5, 0.6) is 0 Å². The number of nitrogens with one attached hydrogen (secondary N) is 2. The quantitative estimate of drug-likeness (QED) is 0.0861. The molecule has 2 amide bonds.